The maximum Gasteiger partial charge on any atom is 0.448 e. The van der Waals surface area contributed by atoms with Crippen LogP contribution in [-0.4, -0.2) is 94.5 Å². The summed E-state index contributed by atoms with van der Waals surface area (Å²) < 4.78 is 0. The SMILES string of the molecule is CB(O)O.CBr.CC.I.O=C(NCC1CC[N-]CC1)c1n[nH]c2ccccc12.O=C(NCC1CC[N-]CC1)c1n[nH]c2ccccc12.[CH3-].[CH3-].[Y].[Y]. The minimum atomic E-state index is -1.17. The first-order chi connectivity index (χ1) is 22.4. The van der Waals surface area contributed by atoms with Crippen molar-refractivity contribution in [2.75, 3.05) is 45.1 Å². The zero-order chi connectivity index (χ0) is 33.7. The van der Waals surface area contributed by atoms with Gasteiger partial charge in [0, 0.05) is 89.3 Å². The van der Waals surface area contributed by atoms with Crippen LogP contribution in [0.5, 0.6) is 0 Å². The Balaban J connectivity index is -0.000000333. The van der Waals surface area contributed by atoms with E-state index < -0.39 is 7.12 Å². The number of nitrogens with one attached hydrogen (secondary N) is 4. The van der Waals surface area contributed by atoms with Crippen LogP contribution in [0.1, 0.15) is 60.5 Å². The fourth-order valence-corrected chi connectivity index (χ4v) is 4.93. The number of amides is 2. The molecule has 2 aromatic heterocycles. The van der Waals surface area contributed by atoms with E-state index in [1.165, 1.54) is 6.82 Å². The molecule has 4 aromatic rings. The summed E-state index contributed by atoms with van der Waals surface area (Å²) in [5.74, 6) is 2.71. The zero-order valence-corrected chi connectivity index (χ0v) is 40.5. The molecule has 17 heteroatoms. The van der Waals surface area contributed by atoms with Crippen molar-refractivity contribution < 1.29 is 85.1 Å². The van der Waals surface area contributed by atoms with Gasteiger partial charge in [-0.25, -0.2) is 0 Å². The molecule has 0 aliphatic carbocycles. The molecule has 2 radical (unpaired) electrons. The molecule has 0 bridgehead atoms. The van der Waals surface area contributed by atoms with Crippen LogP contribution >= 0.6 is 39.9 Å². The first-order valence-electron chi connectivity index (χ1n) is 15.9. The average Bonchev–Trinajstić information content (AvgIpc) is 3.74. The monoisotopic (exact) mass is 1030 g/mol. The summed E-state index contributed by atoms with van der Waals surface area (Å²) in [5, 5.41) is 45.5. The van der Waals surface area contributed by atoms with E-state index in [0.717, 1.165) is 86.8 Å². The van der Waals surface area contributed by atoms with Crippen molar-refractivity contribution in [2.45, 2.75) is 46.4 Å². The summed E-state index contributed by atoms with van der Waals surface area (Å²) in [6.45, 7) is 10.4. The van der Waals surface area contributed by atoms with Gasteiger partial charge in [-0.1, -0.05) is 91.9 Å². The maximum absolute atomic E-state index is 12.1. The number of piperidine rings is 2. The fraction of sp³-hybridized carbons (Fsp3) is 0.471. The molecule has 2 fully saturated rings. The average molecular weight is 1040 g/mol. The molecule has 12 nitrogen and oxygen atoms in total. The molecule has 282 valence electrons. The van der Waals surface area contributed by atoms with Gasteiger partial charge >= 0.3 is 7.12 Å². The number of benzene rings is 2. The summed E-state index contributed by atoms with van der Waals surface area (Å²) in [7, 11) is -1.17. The second kappa shape index (κ2) is 34.2. The number of fused-ring (bicyclic) bond motifs is 2. The standard InChI is InChI=1S/2C14H17N4O.C2H6.CH5BO2.CH3Br.2CH3.HI.2Y/c2*19-14(16-9-10-5-7-15-8-6-10)13-11-3-1-2-4-12(11)17-18-13;1-2;1-2(3)4;1-2;;;;;/h2*1-4,10H,5-9H2,(H,16,19)(H,17,18);1-2H3;3-4H,1H3;1H3;2*1H3;1H;;/q2*-1;;;;2*-1;;;. The van der Waals surface area contributed by atoms with Crippen LogP contribution in [0.4, 0.5) is 0 Å². The van der Waals surface area contributed by atoms with Crippen LogP contribution in [0.15, 0.2) is 48.5 Å². The van der Waals surface area contributed by atoms with Gasteiger partial charge in [-0.05, 0) is 36.6 Å². The maximum atomic E-state index is 12.1. The largest absolute Gasteiger partial charge is 0.662 e. The first kappa shape index (κ1) is 57.4. The Bertz CT molecular complexity index is 1330. The van der Waals surface area contributed by atoms with Crippen LogP contribution < -0.4 is 10.6 Å². The second-order valence-corrected chi connectivity index (χ2v) is 10.5. The van der Waals surface area contributed by atoms with Crippen LogP contribution in [-0.2, 0) is 65.4 Å². The van der Waals surface area contributed by atoms with Crippen LogP contribution in [0.25, 0.3) is 32.4 Å². The fourth-order valence-electron chi connectivity index (χ4n) is 4.93. The molecule has 0 spiro atoms. The molecule has 4 heterocycles. The number of carbonyl (C=O) groups excluding carboxylic acids is 2. The third-order valence-corrected chi connectivity index (χ3v) is 7.26. The number of aromatic nitrogens is 4. The molecule has 6 rings (SSSR count). The third-order valence-electron chi connectivity index (χ3n) is 7.26. The summed E-state index contributed by atoms with van der Waals surface area (Å²) in [6.07, 6.45) is 4.28. The Labute approximate surface area is 381 Å². The summed E-state index contributed by atoms with van der Waals surface area (Å²) in [4.78, 5) is 24.3. The van der Waals surface area contributed by atoms with Crippen molar-refractivity contribution in [3.8, 4) is 0 Å². The molecule has 2 aliphatic heterocycles. The number of carbonyl (C=O) groups is 2. The van der Waals surface area contributed by atoms with Gasteiger partial charge in [0.05, 0.1) is 11.0 Å². The van der Waals surface area contributed by atoms with Crippen molar-refractivity contribution in [1.29, 1.82) is 0 Å². The number of para-hydroxylation sites is 2. The Kier molecular flexibility index (Phi) is 38.4. The van der Waals surface area contributed by atoms with Crippen molar-refractivity contribution in [3.05, 3.63) is 85.4 Å². The third kappa shape index (κ3) is 20.8. The van der Waals surface area contributed by atoms with Crippen LogP contribution in [0, 0.1) is 26.7 Å². The Morgan fingerprint density at radius 3 is 1.35 bits per heavy atom. The van der Waals surface area contributed by atoms with E-state index in [9.17, 15) is 9.59 Å². The van der Waals surface area contributed by atoms with Gasteiger partial charge in [-0.15, -0.1) is 50.2 Å². The summed E-state index contributed by atoms with van der Waals surface area (Å²) >= 11 is 2.94. The topological polar surface area (TPSA) is 184 Å². The van der Waals surface area contributed by atoms with E-state index >= 15 is 0 Å². The van der Waals surface area contributed by atoms with E-state index in [2.05, 4.69) is 57.6 Å². The Morgan fingerprint density at radius 2 is 1.04 bits per heavy atom. The molecule has 0 unspecified atom stereocenters. The van der Waals surface area contributed by atoms with E-state index in [1.54, 1.807) is 0 Å². The van der Waals surface area contributed by atoms with Gasteiger partial charge in [0.1, 0.15) is 0 Å². The smallest absolute Gasteiger partial charge is 0.448 e. The molecule has 2 aliphatic rings. The molecule has 2 amide bonds. The summed E-state index contributed by atoms with van der Waals surface area (Å²) in [5.41, 5.74) is 2.75. The molecule has 2 aromatic carbocycles. The number of hydrogen-bond acceptors (Lipinski definition) is 6. The van der Waals surface area contributed by atoms with Crippen LogP contribution in [0.2, 0.25) is 6.82 Å². The minimum absolute atomic E-state index is 0. The number of aromatic amines is 2. The zero-order valence-electron chi connectivity index (χ0n) is 30.9. The van der Waals surface area contributed by atoms with Crippen molar-refractivity contribution in [3.63, 3.8) is 0 Å². The van der Waals surface area contributed by atoms with Crippen molar-refractivity contribution in [1.82, 2.24) is 31.0 Å². The van der Waals surface area contributed by atoms with E-state index in [-0.39, 0.29) is 116 Å². The minimum Gasteiger partial charge on any atom is -0.662 e. The Morgan fingerprint density at radius 1 is 0.745 bits per heavy atom. The van der Waals surface area contributed by atoms with Gasteiger partial charge in [-0.2, -0.15) is 10.2 Å². The molecule has 6 N–H and O–H groups in total. The molecule has 2 saturated heterocycles. The number of H-pyrrole nitrogens is 2. The molecular formula is C34H55BBrIN8O4Y2-4. The molecule has 0 atom stereocenters. The second-order valence-electron chi connectivity index (χ2n) is 10.5. The van der Waals surface area contributed by atoms with Gasteiger partial charge in [-0.3, -0.25) is 19.8 Å². The summed E-state index contributed by atoms with van der Waals surface area (Å²) in [6, 6.07) is 15.3. The van der Waals surface area contributed by atoms with E-state index in [1.807, 2.05) is 68.2 Å². The predicted octanol–water partition coefficient (Wildman–Crippen LogP) is 6.79. The Hall–Kier alpha value is -0.357. The van der Waals surface area contributed by atoms with Crippen molar-refractivity contribution in [2.24, 2.45) is 11.8 Å². The van der Waals surface area contributed by atoms with E-state index in [0.29, 0.717) is 23.2 Å². The van der Waals surface area contributed by atoms with Gasteiger partial charge in [0.25, 0.3) is 11.8 Å². The number of rotatable bonds is 6. The number of alkyl halides is 1. The predicted molar refractivity (Wildman–Crippen MR) is 219 cm³/mol. The van der Waals surface area contributed by atoms with Gasteiger partial charge < -0.3 is 46.2 Å². The number of hydrogen-bond donors (Lipinski definition) is 6. The molecular weight excluding hydrogens is 980 g/mol. The van der Waals surface area contributed by atoms with Crippen molar-refractivity contribution >= 4 is 80.6 Å². The normalized spacial score (nSPS) is 13.2. The molecule has 51 heavy (non-hydrogen) atoms. The quantitative estimate of drug-likeness (QED) is 0.0535. The molecule has 0 saturated carbocycles. The van der Waals surface area contributed by atoms with E-state index in [4.69, 9.17) is 10.0 Å². The van der Waals surface area contributed by atoms with Gasteiger partial charge in [0.2, 0.25) is 0 Å². The van der Waals surface area contributed by atoms with Crippen LogP contribution in [0.3, 0.4) is 0 Å². The number of halogens is 2. The van der Waals surface area contributed by atoms with Gasteiger partial charge in [0.15, 0.2) is 11.4 Å². The first-order valence-corrected chi connectivity index (χ1v) is 17.4. The number of nitrogens with zero attached hydrogens (tertiary/aromatic N) is 4.